The van der Waals surface area contributed by atoms with Gasteiger partial charge in [0.05, 0.1) is 11.7 Å². The van der Waals surface area contributed by atoms with E-state index in [2.05, 4.69) is 26.9 Å². The Hall–Kier alpha value is -2.42. The molecule has 1 fully saturated rings. The number of nitrogens with one attached hydrogen (secondary N) is 2. The number of benzene rings is 2. The zero-order chi connectivity index (χ0) is 21.7. The summed E-state index contributed by atoms with van der Waals surface area (Å²) < 4.78 is 28.4. The van der Waals surface area contributed by atoms with Crippen LogP contribution in [0.1, 0.15) is 35.8 Å². The van der Waals surface area contributed by atoms with Gasteiger partial charge in [-0.25, -0.2) is 13.1 Å². The summed E-state index contributed by atoms with van der Waals surface area (Å²) in [5.41, 5.74) is 1.95. The molecule has 2 aromatic rings. The molecular weight excluding hydrogens is 400 g/mol. The number of amides is 1. The van der Waals surface area contributed by atoms with Crippen LogP contribution in [0.2, 0.25) is 0 Å². The standard InChI is InChI=1S/C22H30N4O3S/c1-4-23-30(28,29)21-16-19(10-11-20(21)26-14-12-25(3)13-15-26)22(27)24-17(2)18-8-6-5-7-9-18/h5-11,16-17,23H,4,12-15H2,1-3H3,(H,24,27)/t17-/m1/s1. The van der Waals surface area contributed by atoms with Gasteiger partial charge in [0.15, 0.2) is 0 Å². The van der Waals surface area contributed by atoms with E-state index in [9.17, 15) is 13.2 Å². The number of rotatable bonds is 7. The van der Waals surface area contributed by atoms with Crippen molar-refractivity contribution in [3.05, 3.63) is 59.7 Å². The van der Waals surface area contributed by atoms with Crippen LogP contribution >= 0.6 is 0 Å². The lowest BCUT2D eigenvalue weighted by atomic mass is 10.1. The number of sulfonamides is 1. The number of anilines is 1. The van der Waals surface area contributed by atoms with Gasteiger partial charge in [-0.3, -0.25) is 4.79 Å². The van der Waals surface area contributed by atoms with E-state index in [0.717, 1.165) is 31.7 Å². The zero-order valence-corrected chi connectivity index (χ0v) is 18.6. The van der Waals surface area contributed by atoms with Crippen molar-refractivity contribution >= 4 is 21.6 Å². The van der Waals surface area contributed by atoms with Crippen molar-refractivity contribution in [2.45, 2.75) is 24.8 Å². The quantitative estimate of drug-likeness (QED) is 0.704. The predicted molar refractivity (Wildman–Crippen MR) is 119 cm³/mol. The summed E-state index contributed by atoms with van der Waals surface area (Å²) in [6.07, 6.45) is 0. The van der Waals surface area contributed by atoms with E-state index in [1.807, 2.05) is 37.3 Å². The molecule has 162 valence electrons. The summed E-state index contributed by atoms with van der Waals surface area (Å²) >= 11 is 0. The van der Waals surface area contributed by atoms with Gasteiger partial charge in [-0.05, 0) is 37.7 Å². The van der Waals surface area contributed by atoms with Gasteiger partial charge in [0.25, 0.3) is 5.91 Å². The Kier molecular flexibility index (Phi) is 7.12. The summed E-state index contributed by atoms with van der Waals surface area (Å²) in [6.45, 7) is 7.12. The van der Waals surface area contributed by atoms with Crippen molar-refractivity contribution in [3.8, 4) is 0 Å². The van der Waals surface area contributed by atoms with Crippen molar-refractivity contribution in [2.24, 2.45) is 0 Å². The first-order valence-electron chi connectivity index (χ1n) is 10.2. The molecule has 1 aliphatic rings. The maximum absolute atomic E-state index is 12.9. The van der Waals surface area contributed by atoms with E-state index >= 15 is 0 Å². The van der Waals surface area contributed by atoms with Crippen LogP contribution in [0.25, 0.3) is 0 Å². The average Bonchev–Trinajstić information content (AvgIpc) is 2.74. The first kappa shape index (κ1) is 22.3. The molecule has 0 unspecified atom stereocenters. The van der Waals surface area contributed by atoms with Gasteiger partial charge in [-0.2, -0.15) is 0 Å². The monoisotopic (exact) mass is 430 g/mol. The molecule has 2 aromatic carbocycles. The second-order valence-corrected chi connectivity index (χ2v) is 9.32. The summed E-state index contributed by atoms with van der Waals surface area (Å²) in [6, 6.07) is 14.4. The summed E-state index contributed by atoms with van der Waals surface area (Å²) in [5, 5.41) is 2.95. The van der Waals surface area contributed by atoms with Gasteiger partial charge in [-0.15, -0.1) is 0 Å². The maximum atomic E-state index is 12.9. The van der Waals surface area contributed by atoms with E-state index in [0.29, 0.717) is 11.3 Å². The van der Waals surface area contributed by atoms with E-state index in [1.54, 1.807) is 19.1 Å². The van der Waals surface area contributed by atoms with E-state index in [1.165, 1.54) is 6.07 Å². The fourth-order valence-corrected chi connectivity index (χ4v) is 4.84. The number of nitrogens with zero attached hydrogens (tertiary/aromatic N) is 2. The second-order valence-electron chi connectivity index (χ2n) is 7.58. The Morgan fingerprint density at radius 1 is 1.07 bits per heavy atom. The summed E-state index contributed by atoms with van der Waals surface area (Å²) in [7, 11) is -1.68. The molecule has 2 N–H and O–H groups in total. The van der Waals surface area contributed by atoms with Crippen LogP contribution < -0.4 is 14.9 Å². The number of carbonyl (C=O) groups is 1. The van der Waals surface area contributed by atoms with Gasteiger partial charge >= 0.3 is 0 Å². The lowest BCUT2D eigenvalue weighted by Gasteiger charge is -2.35. The van der Waals surface area contributed by atoms with Crippen LogP contribution in [0.5, 0.6) is 0 Å². The maximum Gasteiger partial charge on any atom is 0.251 e. The number of piperazine rings is 1. The lowest BCUT2D eigenvalue weighted by Crippen LogP contribution is -2.45. The van der Waals surface area contributed by atoms with Crippen LogP contribution in [0.3, 0.4) is 0 Å². The third kappa shape index (κ3) is 5.19. The Morgan fingerprint density at radius 2 is 1.73 bits per heavy atom. The zero-order valence-electron chi connectivity index (χ0n) is 17.8. The van der Waals surface area contributed by atoms with Gasteiger partial charge in [0.2, 0.25) is 10.0 Å². The predicted octanol–water partition coefficient (Wildman–Crippen LogP) is 2.23. The molecule has 0 spiro atoms. The molecule has 1 atom stereocenters. The molecule has 8 heteroatoms. The van der Waals surface area contributed by atoms with Crippen LogP contribution in [0, 0.1) is 0 Å². The minimum absolute atomic E-state index is 0.147. The normalized spacial score (nSPS) is 16.3. The molecule has 0 saturated carbocycles. The van der Waals surface area contributed by atoms with Crippen molar-refractivity contribution < 1.29 is 13.2 Å². The number of hydrogen-bond acceptors (Lipinski definition) is 5. The molecule has 30 heavy (non-hydrogen) atoms. The fraction of sp³-hybridized carbons (Fsp3) is 0.409. The second kappa shape index (κ2) is 9.59. The SMILES string of the molecule is CCNS(=O)(=O)c1cc(C(=O)N[C@H](C)c2ccccc2)ccc1N1CCN(C)CC1. The van der Waals surface area contributed by atoms with Crippen LogP contribution in [-0.4, -0.2) is 59.0 Å². The topological polar surface area (TPSA) is 81.7 Å². The summed E-state index contributed by atoms with van der Waals surface area (Å²) in [4.78, 5) is 17.3. The molecule has 1 aliphatic heterocycles. The molecule has 0 aromatic heterocycles. The Bertz CT molecular complexity index is 971. The molecule has 0 radical (unpaired) electrons. The van der Waals surface area contributed by atoms with Crippen LogP contribution in [0.4, 0.5) is 5.69 Å². The van der Waals surface area contributed by atoms with Crippen molar-refractivity contribution in [2.75, 3.05) is 44.7 Å². The van der Waals surface area contributed by atoms with E-state index in [4.69, 9.17) is 0 Å². The minimum atomic E-state index is -3.73. The van der Waals surface area contributed by atoms with Crippen LogP contribution in [-0.2, 0) is 10.0 Å². The Labute approximate surface area is 179 Å². The third-order valence-corrected chi connectivity index (χ3v) is 6.91. The van der Waals surface area contributed by atoms with Gasteiger partial charge in [0.1, 0.15) is 4.90 Å². The molecule has 1 amide bonds. The first-order chi connectivity index (χ1) is 14.3. The molecule has 1 heterocycles. The van der Waals surface area contributed by atoms with Gasteiger partial charge < -0.3 is 15.1 Å². The molecular formula is C22H30N4O3S. The third-order valence-electron chi connectivity index (χ3n) is 5.34. The highest BCUT2D eigenvalue weighted by Crippen LogP contribution is 2.28. The van der Waals surface area contributed by atoms with Gasteiger partial charge in [0, 0.05) is 38.3 Å². The van der Waals surface area contributed by atoms with Gasteiger partial charge in [-0.1, -0.05) is 37.3 Å². The Morgan fingerprint density at radius 3 is 2.37 bits per heavy atom. The largest absolute Gasteiger partial charge is 0.368 e. The summed E-state index contributed by atoms with van der Waals surface area (Å²) in [5.74, 6) is -0.302. The average molecular weight is 431 g/mol. The van der Waals surface area contributed by atoms with Crippen LogP contribution in [0.15, 0.2) is 53.4 Å². The first-order valence-corrected chi connectivity index (χ1v) is 11.7. The highest BCUT2D eigenvalue weighted by atomic mass is 32.2. The number of hydrogen-bond donors (Lipinski definition) is 2. The minimum Gasteiger partial charge on any atom is -0.368 e. The smallest absolute Gasteiger partial charge is 0.251 e. The van der Waals surface area contributed by atoms with E-state index in [-0.39, 0.29) is 23.4 Å². The highest BCUT2D eigenvalue weighted by molar-refractivity contribution is 7.89. The fourth-order valence-electron chi connectivity index (χ4n) is 3.55. The van der Waals surface area contributed by atoms with Crippen molar-refractivity contribution in [1.29, 1.82) is 0 Å². The van der Waals surface area contributed by atoms with Crippen molar-refractivity contribution in [1.82, 2.24) is 14.9 Å². The number of carbonyl (C=O) groups excluding carboxylic acids is 1. The Balaban J connectivity index is 1.90. The molecule has 0 aliphatic carbocycles. The molecule has 7 nitrogen and oxygen atoms in total. The molecule has 0 bridgehead atoms. The number of likely N-dealkylation sites (N-methyl/N-ethyl adjacent to an activating group) is 1. The molecule has 3 rings (SSSR count). The molecule has 1 saturated heterocycles. The lowest BCUT2D eigenvalue weighted by molar-refractivity contribution is 0.0939. The highest BCUT2D eigenvalue weighted by Gasteiger charge is 2.25. The van der Waals surface area contributed by atoms with Crippen molar-refractivity contribution in [3.63, 3.8) is 0 Å². The van der Waals surface area contributed by atoms with E-state index < -0.39 is 10.0 Å².